The van der Waals surface area contributed by atoms with Gasteiger partial charge in [-0.1, -0.05) is 23.8 Å². The maximum absolute atomic E-state index is 13.5. The maximum Gasteiger partial charge on any atom is 0.165 e. The van der Waals surface area contributed by atoms with E-state index in [1.165, 1.54) is 17.7 Å². The predicted molar refractivity (Wildman–Crippen MR) is 101 cm³/mol. The number of aromatic hydroxyl groups is 1. The zero-order valence-electron chi connectivity index (χ0n) is 15.5. The number of β-amino-alcohol motifs (C(OH)–C–C–N with tert-alkyl or cyclic N) is 1. The molecule has 2 aliphatic rings. The van der Waals surface area contributed by atoms with Crippen LogP contribution in [0.5, 0.6) is 11.5 Å². The fourth-order valence-corrected chi connectivity index (χ4v) is 4.48. The van der Waals surface area contributed by atoms with Gasteiger partial charge in [-0.2, -0.15) is 0 Å². The molecule has 5 heteroatoms. The smallest absolute Gasteiger partial charge is 0.165 e. The van der Waals surface area contributed by atoms with E-state index < -0.39 is 11.9 Å². The molecule has 1 heterocycles. The number of aliphatic hydroxyl groups excluding tert-OH is 1. The van der Waals surface area contributed by atoms with Gasteiger partial charge in [-0.3, -0.25) is 4.90 Å². The third-order valence-corrected chi connectivity index (χ3v) is 5.89. The second-order valence-electron chi connectivity index (χ2n) is 7.99. The van der Waals surface area contributed by atoms with Crippen molar-refractivity contribution in [3.8, 4) is 11.5 Å². The van der Waals surface area contributed by atoms with Crippen molar-refractivity contribution >= 4 is 0 Å². The van der Waals surface area contributed by atoms with Crippen molar-refractivity contribution in [3.05, 3.63) is 59.4 Å². The zero-order valence-corrected chi connectivity index (χ0v) is 15.5. The number of aryl methyl sites for hydroxylation is 1. The molecule has 4 rings (SSSR count). The van der Waals surface area contributed by atoms with Crippen molar-refractivity contribution in [2.75, 3.05) is 19.6 Å². The first-order chi connectivity index (χ1) is 13.0. The van der Waals surface area contributed by atoms with Crippen LogP contribution in [0.2, 0.25) is 0 Å². The van der Waals surface area contributed by atoms with E-state index in [-0.39, 0.29) is 11.9 Å². The van der Waals surface area contributed by atoms with Crippen LogP contribution in [0.25, 0.3) is 0 Å². The van der Waals surface area contributed by atoms with E-state index in [0.29, 0.717) is 23.9 Å². The van der Waals surface area contributed by atoms with Crippen molar-refractivity contribution in [1.82, 2.24) is 4.90 Å². The highest BCUT2D eigenvalue weighted by Gasteiger charge is 2.42. The molecule has 27 heavy (non-hydrogen) atoms. The lowest BCUT2D eigenvalue weighted by atomic mass is 10.0. The van der Waals surface area contributed by atoms with Crippen molar-refractivity contribution < 1.29 is 19.3 Å². The molecule has 1 aliphatic carbocycles. The van der Waals surface area contributed by atoms with Gasteiger partial charge >= 0.3 is 0 Å². The van der Waals surface area contributed by atoms with Gasteiger partial charge in [-0.25, -0.2) is 4.39 Å². The van der Waals surface area contributed by atoms with E-state index in [2.05, 4.69) is 24.0 Å². The number of phenolic OH excluding ortho intramolecular Hbond substituents is 1. The highest BCUT2D eigenvalue weighted by molar-refractivity contribution is 5.29. The molecule has 2 N–H and O–H groups in total. The standard InChI is InChI=1S/C22H26FNO3/c1-14-2-5-18(6-3-14)27-19-8-16-11-24(12-17(16)9-19)13-22(26)15-4-7-21(25)20(23)10-15/h2-7,10,16-17,19,22,25-26H,8-9,11-13H2,1H3/t16-,17+,19-,22?. The molecule has 144 valence electrons. The summed E-state index contributed by atoms with van der Waals surface area (Å²) in [7, 11) is 0. The molecule has 1 unspecified atom stereocenters. The summed E-state index contributed by atoms with van der Waals surface area (Å²) in [6.45, 7) is 4.44. The van der Waals surface area contributed by atoms with Gasteiger partial charge in [0.25, 0.3) is 0 Å². The van der Waals surface area contributed by atoms with Crippen LogP contribution in [0.4, 0.5) is 4.39 Å². The van der Waals surface area contributed by atoms with Crippen LogP contribution in [-0.2, 0) is 0 Å². The Labute approximate surface area is 159 Å². The lowest BCUT2D eigenvalue weighted by Crippen LogP contribution is -2.29. The van der Waals surface area contributed by atoms with Gasteiger partial charge in [-0.15, -0.1) is 0 Å². The molecular formula is C22H26FNO3. The molecule has 2 fully saturated rings. The molecule has 1 saturated heterocycles. The first-order valence-corrected chi connectivity index (χ1v) is 9.60. The van der Waals surface area contributed by atoms with E-state index in [4.69, 9.17) is 4.74 Å². The number of halogens is 1. The summed E-state index contributed by atoms with van der Waals surface area (Å²) in [4.78, 5) is 2.26. The summed E-state index contributed by atoms with van der Waals surface area (Å²) in [6.07, 6.45) is 1.59. The summed E-state index contributed by atoms with van der Waals surface area (Å²) in [6, 6.07) is 12.3. The average molecular weight is 371 g/mol. The van der Waals surface area contributed by atoms with Gasteiger partial charge < -0.3 is 14.9 Å². The number of fused-ring (bicyclic) bond motifs is 1. The van der Waals surface area contributed by atoms with Gasteiger partial charge in [-0.05, 0) is 61.4 Å². The Balaban J connectivity index is 1.29. The van der Waals surface area contributed by atoms with Gasteiger partial charge in [0.1, 0.15) is 5.75 Å². The van der Waals surface area contributed by atoms with Crippen molar-refractivity contribution in [3.63, 3.8) is 0 Å². The number of benzene rings is 2. The average Bonchev–Trinajstić information content (AvgIpc) is 3.17. The SMILES string of the molecule is Cc1ccc(O[C@@H]2C[C@@H]3CN(CC(O)c4ccc(O)c(F)c4)C[C@@H]3C2)cc1. The number of aliphatic hydroxyl groups is 1. The summed E-state index contributed by atoms with van der Waals surface area (Å²) >= 11 is 0. The molecular weight excluding hydrogens is 345 g/mol. The molecule has 0 bridgehead atoms. The van der Waals surface area contributed by atoms with Crippen LogP contribution in [0.15, 0.2) is 42.5 Å². The molecule has 4 atom stereocenters. The Morgan fingerprint density at radius 2 is 1.78 bits per heavy atom. The fourth-order valence-electron chi connectivity index (χ4n) is 4.48. The van der Waals surface area contributed by atoms with Gasteiger partial charge in [0.05, 0.1) is 12.2 Å². The van der Waals surface area contributed by atoms with E-state index >= 15 is 0 Å². The molecule has 0 spiro atoms. The monoisotopic (exact) mass is 371 g/mol. The minimum absolute atomic E-state index is 0.265. The number of likely N-dealkylation sites (tertiary alicyclic amines) is 1. The molecule has 4 nitrogen and oxygen atoms in total. The van der Waals surface area contributed by atoms with E-state index in [9.17, 15) is 14.6 Å². The molecule has 2 aromatic carbocycles. The normalized spacial score (nSPS) is 26.1. The predicted octanol–water partition coefficient (Wildman–Crippen LogP) is 3.66. The number of hydrogen-bond acceptors (Lipinski definition) is 4. The molecule has 2 aromatic rings. The van der Waals surface area contributed by atoms with Crippen molar-refractivity contribution in [1.29, 1.82) is 0 Å². The summed E-state index contributed by atoms with van der Waals surface area (Å²) in [5.41, 5.74) is 1.73. The molecule has 0 aromatic heterocycles. The quantitative estimate of drug-likeness (QED) is 0.842. The zero-order chi connectivity index (χ0) is 19.0. The maximum atomic E-state index is 13.5. The minimum atomic E-state index is -0.751. The van der Waals surface area contributed by atoms with Crippen LogP contribution in [0.1, 0.15) is 30.1 Å². The Kier molecular flexibility index (Phi) is 5.06. The van der Waals surface area contributed by atoms with Crippen LogP contribution in [0, 0.1) is 24.6 Å². The first kappa shape index (κ1) is 18.3. The van der Waals surface area contributed by atoms with Crippen LogP contribution >= 0.6 is 0 Å². The molecule has 1 saturated carbocycles. The van der Waals surface area contributed by atoms with Crippen molar-refractivity contribution in [2.45, 2.75) is 32.0 Å². The van der Waals surface area contributed by atoms with Crippen molar-refractivity contribution in [2.24, 2.45) is 11.8 Å². The number of hydrogen-bond donors (Lipinski definition) is 2. The third-order valence-electron chi connectivity index (χ3n) is 5.89. The second kappa shape index (κ2) is 7.49. The number of nitrogens with zero attached hydrogens (tertiary/aromatic N) is 1. The van der Waals surface area contributed by atoms with Crippen LogP contribution < -0.4 is 4.74 Å². The van der Waals surface area contributed by atoms with Gasteiger partial charge in [0.2, 0.25) is 0 Å². The lowest BCUT2D eigenvalue weighted by Gasteiger charge is -2.22. The third kappa shape index (κ3) is 4.09. The Morgan fingerprint density at radius 1 is 1.11 bits per heavy atom. The van der Waals surface area contributed by atoms with Crippen LogP contribution in [-0.4, -0.2) is 40.9 Å². The molecule has 1 aliphatic heterocycles. The number of phenols is 1. The summed E-state index contributed by atoms with van der Waals surface area (Å²) in [5.74, 6) is 1.03. The molecule has 0 amide bonds. The Morgan fingerprint density at radius 3 is 2.41 bits per heavy atom. The molecule has 0 radical (unpaired) electrons. The van der Waals surface area contributed by atoms with Crippen LogP contribution in [0.3, 0.4) is 0 Å². The first-order valence-electron chi connectivity index (χ1n) is 9.60. The Bertz CT molecular complexity index is 781. The van der Waals surface area contributed by atoms with E-state index in [1.54, 1.807) is 6.07 Å². The second-order valence-corrected chi connectivity index (χ2v) is 7.99. The van der Waals surface area contributed by atoms with Gasteiger partial charge in [0, 0.05) is 19.6 Å². The Hall–Kier alpha value is -2.11. The fraction of sp³-hybridized carbons (Fsp3) is 0.455. The highest BCUT2D eigenvalue weighted by atomic mass is 19.1. The minimum Gasteiger partial charge on any atom is -0.505 e. The largest absolute Gasteiger partial charge is 0.505 e. The van der Waals surface area contributed by atoms with E-state index in [0.717, 1.165) is 31.7 Å². The summed E-state index contributed by atoms with van der Waals surface area (Å²) in [5, 5.41) is 19.7. The van der Waals surface area contributed by atoms with E-state index in [1.807, 2.05) is 12.1 Å². The number of rotatable bonds is 5. The number of ether oxygens (including phenoxy) is 1. The highest BCUT2D eigenvalue weighted by Crippen LogP contribution is 2.40. The summed E-state index contributed by atoms with van der Waals surface area (Å²) < 4.78 is 19.6. The topological polar surface area (TPSA) is 52.9 Å². The van der Waals surface area contributed by atoms with Gasteiger partial charge in [0.15, 0.2) is 11.6 Å². The lowest BCUT2D eigenvalue weighted by molar-refractivity contribution is 0.116.